The Balaban J connectivity index is 1.43. The van der Waals surface area contributed by atoms with Gasteiger partial charge < -0.3 is 14.5 Å². The van der Waals surface area contributed by atoms with E-state index >= 15 is 0 Å². The molecule has 0 aromatic heterocycles. The van der Waals surface area contributed by atoms with Crippen molar-refractivity contribution in [1.29, 1.82) is 0 Å². The Morgan fingerprint density at radius 3 is 2.48 bits per heavy atom. The summed E-state index contributed by atoms with van der Waals surface area (Å²) >= 11 is 0. The Hall–Kier alpha value is -2.08. The van der Waals surface area contributed by atoms with Crippen molar-refractivity contribution >= 4 is 12.0 Å². The molecule has 6 heteroatoms. The highest BCUT2D eigenvalue weighted by molar-refractivity contribution is 5.80. The SMILES string of the molecule is CCOC(=O)N1CCCC(C(=O)N2CCN(CCc3ccccc3)CC2)C1. The molecule has 0 saturated carbocycles. The summed E-state index contributed by atoms with van der Waals surface area (Å²) in [6, 6.07) is 10.5. The average molecular weight is 373 g/mol. The molecule has 0 bridgehead atoms. The molecule has 2 heterocycles. The first-order valence-electron chi connectivity index (χ1n) is 10.1. The lowest BCUT2D eigenvalue weighted by Gasteiger charge is -2.38. The molecule has 0 N–H and O–H groups in total. The molecule has 0 aliphatic carbocycles. The van der Waals surface area contributed by atoms with E-state index in [1.54, 1.807) is 4.90 Å². The molecule has 27 heavy (non-hydrogen) atoms. The van der Waals surface area contributed by atoms with E-state index < -0.39 is 0 Å². The number of piperidine rings is 1. The fourth-order valence-corrected chi connectivity index (χ4v) is 3.94. The highest BCUT2D eigenvalue weighted by atomic mass is 16.6. The first-order valence-corrected chi connectivity index (χ1v) is 10.1. The van der Waals surface area contributed by atoms with Crippen LogP contribution in [0.4, 0.5) is 4.79 Å². The normalized spacial score (nSPS) is 21.1. The summed E-state index contributed by atoms with van der Waals surface area (Å²) in [5.41, 5.74) is 1.36. The molecule has 3 rings (SSSR count). The molecule has 1 aromatic carbocycles. The topological polar surface area (TPSA) is 53.1 Å². The number of benzene rings is 1. The van der Waals surface area contributed by atoms with Crippen molar-refractivity contribution < 1.29 is 14.3 Å². The third-order valence-electron chi connectivity index (χ3n) is 5.54. The van der Waals surface area contributed by atoms with E-state index in [1.807, 2.05) is 17.9 Å². The van der Waals surface area contributed by atoms with Gasteiger partial charge in [0.05, 0.1) is 12.5 Å². The van der Waals surface area contributed by atoms with E-state index in [2.05, 4.69) is 29.2 Å². The van der Waals surface area contributed by atoms with Crippen LogP contribution in [0.5, 0.6) is 0 Å². The standard InChI is InChI=1S/C21H31N3O3/c1-2-27-21(26)24-11-6-9-19(17-24)20(25)23-15-13-22(14-16-23)12-10-18-7-4-3-5-8-18/h3-5,7-8,19H,2,6,9-17H2,1H3. The Morgan fingerprint density at radius 2 is 1.78 bits per heavy atom. The summed E-state index contributed by atoms with van der Waals surface area (Å²) in [7, 11) is 0. The maximum atomic E-state index is 12.9. The molecule has 2 aliphatic heterocycles. The second kappa shape index (κ2) is 9.74. The minimum absolute atomic E-state index is 0.0842. The fourth-order valence-electron chi connectivity index (χ4n) is 3.94. The summed E-state index contributed by atoms with van der Waals surface area (Å²) in [5.74, 6) is 0.116. The zero-order valence-corrected chi connectivity index (χ0v) is 16.3. The van der Waals surface area contributed by atoms with Crippen LogP contribution in [0.1, 0.15) is 25.3 Å². The summed E-state index contributed by atoms with van der Waals surface area (Å²) in [6.07, 6.45) is 2.49. The number of hydrogen-bond acceptors (Lipinski definition) is 4. The molecule has 2 fully saturated rings. The lowest BCUT2D eigenvalue weighted by atomic mass is 9.96. The Bertz CT molecular complexity index is 614. The fraction of sp³-hybridized carbons (Fsp3) is 0.619. The first kappa shape index (κ1) is 19.7. The number of amides is 2. The van der Waals surface area contributed by atoms with Gasteiger partial charge in [-0.05, 0) is 31.7 Å². The van der Waals surface area contributed by atoms with Crippen molar-refractivity contribution in [2.75, 3.05) is 52.4 Å². The number of hydrogen-bond donors (Lipinski definition) is 0. The number of ether oxygens (including phenoxy) is 1. The highest BCUT2D eigenvalue weighted by Crippen LogP contribution is 2.20. The zero-order valence-electron chi connectivity index (χ0n) is 16.3. The number of carbonyl (C=O) groups excluding carboxylic acids is 2. The third-order valence-corrected chi connectivity index (χ3v) is 5.54. The van der Waals surface area contributed by atoms with Crippen LogP contribution in [0.3, 0.4) is 0 Å². The van der Waals surface area contributed by atoms with E-state index in [1.165, 1.54) is 5.56 Å². The number of likely N-dealkylation sites (tertiary alicyclic amines) is 1. The van der Waals surface area contributed by atoms with Gasteiger partial charge in [-0.2, -0.15) is 0 Å². The van der Waals surface area contributed by atoms with Gasteiger partial charge in [0.15, 0.2) is 0 Å². The zero-order chi connectivity index (χ0) is 19.1. The van der Waals surface area contributed by atoms with Crippen molar-refractivity contribution in [3.63, 3.8) is 0 Å². The minimum Gasteiger partial charge on any atom is -0.450 e. The summed E-state index contributed by atoms with van der Waals surface area (Å²) in [4.78, 5) is 30.9. The van der Waals surface area contributed by atoms with E-state index in [9.17, 15) is 9.59 Å². The molecule has 1 unspecified atom stereocenters. The molecular formula is C21H31N3O3. The van der Waals surface area contributed by atoms with Gasteiger partial charge in [0.25, 0.3) is 0 Å². The summed E-state index contributed by atoms with van der Waals surface area (Å²) in [5, 5.41) is 0. The van der Waals surface area contributed by atoms with Crippen molar-refractivity contribution in [2.24, 2.45) is 5.92 Å². The summed E-state index contributed by atoms with van der Waals surface area (Å²) < 4.78 is 5.09. The molecule has 0 spiro atoms. The van der Waals surface area contributed by atoms with E-state index in [4.69, 9.17) is 4.74 Å². The monoisotopic (exact) mass is 373 g/mol. The van der Waals surface area contributed by atoms with Crippen LogP contribution in [0, 0.1) is 5.92 Å². The molecule has 2 aliphatic rings. The molecule has 148 valence electrons. The van der Waals surface area contributed by atoms with Crippen molar-refractivity contribution in [3.05, 3.63) is 35.9 Å². The summed E-state index contributed by atoms with van der Waals surface area (Å²) in [6.45, 7) is 7.81. The van der Waals surface area contributed by atoms with Crippen molar-refractivity contribution in [2.45, 2.75) is 26.2 Å². The van der Waals surface area contributed by atoms with Gasteiger partial charge in [-0.1, -0.05) is 30.3 Å². The van der Waals surface area contributed by atoms with Crippen LogP contribution in [0.2, 0.25) is 0 Å². The Kier molecular flexibility index (Phi) is 7.10. The number of carbonyl (C=O) groups is 2. The lowest BCUT2D eigenvalue weighted by molar-refractivity contribution is -0.138. The minimum atomic E-state index is -0.291. The second-order valence-corrected chi connectivity index (χ2v) is 7.39. The highest BCUT2D eigenvalue weighted by Gasteiger charge is 2.32. The van der Waals surface area contributed by atoms with Crippen LogP contribution < -0.4 is 0 Å². The lowest BCUT2D eigenvalue weighted by Crippen LogP contribution is -2.53. The van der Waals surface area contributed by atoms with E-state index in [0.717, 1.165) is 52.0 Å². The van der Waals surface area contributed by atoms with Crippen LogP contribution in [-0.2, 0) is 16.0 Å². The smallest absolute Gasteiger partial charge is 0.409 e. The molecule has 1 atom stereocenters. The van der Waals surface area contributed by atoms with Gasteiger partial charge in [-0.25, -0.2) is 4.79 Å². The van der Waals surface area contributed by atoms with Gasteiger partial charge >= 0.3 is 6.09 Å². The molecule has 1 aromatic rings. The predicted molar refractivity (Wildman–Crippen MR) is 104 cm³/mol. The average Bonchev–Trinajstić information content (AvgIpc) is 2.73. The quantitative estimate of drug-likeness (QED) is 0.794. The maximum Gasteiger partial charge on any atom is 0.409 e. The van der Waals surface area contributed by atoms with E-state index in [-0.39, 0.29) is 17.9 Å². The van der Waals surface area contributed by atoms with Gasteiger partial charge in [-0.15, -0.1) is 0 Å². The number of piperazine rings is 1. The molecule has 0 radical (unpaired) electrons. The van der Waals surface area contributed by atoms with Crippen molar-refractivity contribution in [3.8, 4) is 0 Å². The molecule has 2 amide bonds. The number of rotatable bonds is 5. The van der Waals surface area contributed by atoms with Gasteiger partial charge in [0, 0.05) is 45.8 Å². The van der Waals surface area contributed by atoms with E-state index in [0.29, 0.717) is 19.7 Å². The largest absolute Gasteiger partial charge is 0.450 e. The molecule has 2 saturated heterocycles. The van der Waals surface area contributed by atoms with Crippen molar-refractivity contribution in [1.82, 2.24) is 14.7 Å². The first-order chi connectivity index (χ1) is 13.2. The number of nitrogens with zero attached hydrogens (tertiary/aromatic N) is 3. The molecular weight excluding hydrogens is 342 g/mol. The van der Waals surface area contributed by atoms with Gasteiger partial charge in [0.2, 0.25) is 5.91 Å². The molecule has 6 nitrogen and oxygen atoms in total. The van der Waals surface area contributed by atoms with Crippen LogP contribution in [-0.4, -0.2) is 79.1 Å². The Labute approximate surface area is 162 Å². The van der Waals surface area contributed by atoms with Gasteiger partial charge in [0.1, 0.15) is 0 Å². The predicted octanol–water partition coefficient (Wildman–Crippen LogP) is 2.24. The van der Waals surface area contributed by atoms with Crippen LogP contribution in [0.25, 0.3) is 0 Å². The van der Waals surface area contributed by atoms with Crippen LogP contribution >= 0.6 is 0 Å². The Morgan fingerprint density at radius 1 is 1.04 bits per heavy atom. The third kappa shape index (κ3) is 5.45. The maximum absolute atomic E-state index is 12.9. The van der Waals surface area contributed by atoms with Crippen LogP contribution in [0.15, 0.2) is 30.3 Å². The second-order valence-electron chi connectivity index (χ2n) is 7.39. The van der Waals surface area contributed by atoms with Gasteiger partial charge in [-0.3, -0.25) is 9.69 Å².